The standard InChI is InChI=1S/C15H22N2O3/c1-9(2)8-13(14(18)19)17-15(20)16-12-7-5-6-10(3)11(12)4/h5-7,9,13H,8H2,1-4H3,(H,18,19)(H2,16,17,20)/p-1/t13-/m0/s1. The van der Waals surface area contributed by atoms with Crippen molar-refractivity contribution in [2.45, 2.75) is 40.2 Å². The van der Waals surface area contributed by atoms with Crippen molar-refractivity contribution in [3.05, 3.63) is 29.3 Å². The van der Waals surface area contributed by atoms with Crippen LogP contribution in [-0.4, -0.2) is 18.0 Å². The molecule has 0 bridgehead atoms. The number of carbonyl (C=O) groups is 2. The molecule has 0 heterocycles. The Labute approximate surface area is 119 Å². The summed E-state index contributed by atoms with van der Waals surface area (Å²) < 4.78 is 0. The number of hydrogen-bond donors (Lipinski definition) is 2. The fraction of sp³-hybridized carbons (Fsp3) is 0.467. The first-order chi connectivity index (χ1) is 9.31. The number of nitrogens with one attached hydrogen (secondary N) is 2. The lowest BCUT2D eigenvalue weighted by Gasteiger charge is -2.22. The predicted octanol–water partition coefficient (Wildman–Crippen LogP) is 1.59. The van der Waals surface area contributed by atoms with Gasteiger partial charge in [-0.2, -0.15) is 0 Å². The molecule has 1 atom stereocenters. The monoisotopic (exact) mass is 277 g/mol. The van der Waals surface area contributed by atoms with Gasteiger partial charge in [-0.1, -0.05) is 26.0 Å². The highest BCUT2D eigenvalue weighted by atomic mass is 16.4. The second-order valence-corrected chi connectivity index (χ2v) is 5.35. The summed E-state index contributed by atoms with van der Waals surface area (Å²) in [5.74, 6) is -1.12. The summed E-state index contributed by atoms with van der Waals surface area (Å²) in [6.45, 7) is 7.62. The minimum Gasteiger partial charge on any atom is -0.548 e. The van der Waals surface area contributed by atoms with Gasteiger partial charge in [0.15, 0.2) is 0 Å². The van der Waals surface area contributed by atoms with Crippen LogP contribution >= 0.6 is 0 Å². The minimum absolute atomic E-state index is 0.152. The van der Waals surface area contributed by atoms with E-state index in [9.17, 15) is 14.7 Å². The largest absolute Gasteiger partial charge is 0.548 e. The van der Waals surface area contributed by atoms with Crippen LogP contribution < -0.4 is 15.7 Å². The van der Waals surface area contributed by atoms with E-state index < -0.39 is 18.0 Å². The molecular weight excluding hydrogens is 256 g/mol. The van der Waals surface area contributed by atoms with Crippen LogP contribution in [0, 0.1) is 19.8 Å². The van der Waals surface area contributed by atoms with Crippen molar-refractivity contribution in [2.24, 2.45) is 5.92 Å². The first-order valence-electron chi connectivity index (χ1n) is 6.65. The van der Waals surface area contributed by atoms with Gasteiger partial charge in [-0.25, -0.2) is 4.79 Å². The van der Waals surface area contributed by atoms with Crippen molar-refractivity contribution < 1.29 is 14.7 Å². The number of carbonyl (C=O) groups excluding carboxylic acids is 2. The molecule has 1 rings (SSSR count). The lowest BCUT2D eigenvalue weighted by Crippen LogP contribution is -2.49. The van der Waals surface area contributed by atoms with E-state index in [2.05, 4.69) is 10.6 Å². The highest BCUT2D eigenvalue weighted by Crippen LogP contribution is 2.17. The Balaban J connectivity index is 2.71. The van der Waals surface area contributed by atoms with E-state index in [0.29, 0.717) is 12.1 Å². The van der Waals surface area contributed by atoms with Crippen LogP contribution in [0.25, 0.3) is 0 Å². The number of carboxylic acid groups (broad SMARTS) is 1. The topological polar surface area (TPSA) is 81.3 Å². The molecule has 0 aliphatic carbocycles. The highest BCUT2D eigenvalue weighted by Gasteiger charge is 2.15. The number of aliphatic carboxylic acids is 1. The normalized spacial score (nSPS) is 12.1. The zero-order valence-electron chi connectivity index (χ0n) is 12.3. The van der Waals surface area contributed by atoms with Crippen LogP contribution in [-0.2, 0) is 4.79 Å². The molecule has 2 N–H and O–H groups in total. The average Bonchev–Trinajstić information content (AvgIpc) is 2.33. The van der Waals surface area contributed by atoms with Gasteiger partial charge < -0.3 is 20.5 Å². The van der Waals surface area contributed by atoms with Gasteiger partial charge in [0, 0.05) is 5.69 Å². The van der Waals surface area contributed by atoms with Gasteiger partial charge in [-0.3, -0.25) is 0 Å². The smallest absolute Gasteiger partial charge is 0.319 e. The molecule has 20 heavy (non-hydrogen) atoms. The molecule has 0 aliphatic rings. The Morgan fingerprint density at radius 2 is 1.90 bits per heavy atom. The maximum Gasteiger partial charge on any atom is 0.319 e. The third-order valence-corrected chi connectivity index (χ3v) is 3.15. The van der Waals surface area contributed by atoms with Crippen molar-refractivity contribution in [3.8, 4) is 0 Å². The summed E-state index contributed by atoms with van der Waals surface area (Å²) in [6.07, 6.45) is 0.336. The number of rotatable bonds is 5. The first kappa shape index (κ1) is 16.0. The summed E-state index contributed by atoms with van der Waals surface area (Å²) >= 11 is 0. The zero-order valence-corrected chi connectivity index (χ0v) is 12.3. The van der Waals surface area contributed by atoms with E-state index >= 15 is 0 Å². The molecule has 2 amide bonds. The second-order valence-electron chi connectivity index (χ2n) is 5.35. The lowest BCUT2D eigenvalue weighted by molar-refractivity contribution is -0.308. The van der Waals surface area contributed by atoms with Crippen molar-refractivity contribution in [3.63, 3.8) is 0 Å². The fourth-order valence-electron chi connectivity index (χ4n) is 1.89. The maximum absolute atomic E-state index is 11.9. The van der Waals surface area contributed by atoms with E-state index in [1.165, 1.54) is 0 Å². The van der Waals surface area contributed by atoms with E-state index in [1.807, 2.05) is 39.8 Å². The molecule has 0 radical (unpaired) electrons. The van der Waals surface area contributed by atoms with E-state index in [1.54, 1.807) is 6.07 Å². The van der Waals surface area contributed by atoms with Crippen LogP contribution in [0.4, 0.5) is 10.5 Å². The SMILES string of the molecule is Cc1cccc(NC(=O)N[C@@H](CC(C)C)C(=O)[O-])c1C. The van der Waals surface area contributed by atoms with Gasteiger partial charge >= 0.3 is 6.03 Å². The average molecular weight is 277 g/mol. The molecule has 0 aliphatic heterocycles. The van der Waals surface area contributed by atoms with Gasteiger partial charge in [-0.15, -0.1) is 0 Å². The molecule has 0 aromatic heterocycles. The number of anilines is 1. The van der Waals surface area contributed by atoms with Crippen molar-refractivity contribution in [1.29, 1.82) is 0 Å². The summed E-state index contributed by atoms with van der Waals surface area (Å²) in [5, 5.41) is 16.1. The number of benzene rings is 1. The summed E-state index contributed by atoms with van der Waals surface area (Å²) in [4.78, 5) is 22.8. The Morgan fingerprint density at radius 3 is 2.45 bits per heavy atom. The maximum atomic E-state index is 11.9. The Hall–Kier alpha value is -2.04. The van der Waals surface area contributed by atoms with Gasteiger partial charge in [0.1, 0.15) is 0 Å². The fourth-order valence-corrected chi connectivity index (χ4v) is 1.89. The molecule has 0 spiro atoms. The minimum atomic E-state index is -1.27. The number of amides is 2. The highest BCUT2D eigenvalue weighted by molar-refractivity contribution is 5.92. The van der Waals surface area contributed by atoms with Gasteiger partial charge in [-0.05, 0) is 43.4 Å². The van der Waals surface area contributed by atoms with Crippen LogP contribution in [0.5, 0.6) is 0 Å². The van der Waals surface area contributed by atoms with Gasteiger partial charge in [0.25, 0.3) is 0 Å². The third kappa shape index (κ3) is 4.57. The predicted molar refractivity (Wildman–Crippen MR) is 76.3 cm³/mol. The molecule has 5 heteroatoms. The summed E-state index contributed by atoms with van der Waals surface area (Å²) in [5.41, 5.74) is 2.68. The molecule has 1 aromatic rings. The Kier molecular flexibility index (Phi) is 5.55. The zero-order chi connectivity index (χ0) is 15.3. The van der Waals surface area contributed by atoms with Crippen LogP contribution in [0.1, 0.15) is 31.4 Å². The molecular formula is C15H21N2O3-. The number of urea groups is 1. The van der Waals surface area contributed by atoms with E-state index in [4.69, 9.17) is 0 Å². The van der Waals surface area contributed by atoms with E-state index in [0.717, 1.165) is 11.1 Å². The molecule has 110 valence electrons. The van der Waals surface area contributed by atoms with Crippen LogP contribution in [0.15, 0.2) is 18.2 Å². The molecule has 0 fully saturated rings. The molecule has 0 saturated carbocycles. The van der Waals surface area contributed by atoms with Crippen molar-refractivity contribution in [2.75, 3.05) is 5.32 Å². The van der Waals surface area contributed by atoms with E-state index in [-0.39, 0.29) is 5.92 Å². The van der Waals surface area contributed by atoms with Crippen LogP contribution in [0.3, 0.4) is 0 Å². The lowest BCUT2D eigenvalue weighted by atomic mass is 10.0. The second kappa shape index (κ2) is 6.93. The quantitative estimate of drug-likeness (QED) is 0.857. The molecule has 0 unspecified atom stereocenters. The molecule has 0 saturated heterocycles. The van der Waals surface area contributed by atoms with Crippen LogP contribution in [0.2, 0.25) is 0 Å². The first-order valence-corrected chi connectivity index (χ1v) is 6.65. The summed E-state index contributed by atoms with van der Waals surface area (Å²) in [7, 11) is 0. The number of carboxylic acids is 1. The Morgan fingerprint density at radius 1 is 1.25 bits per heavy atom. The number of aryl methyl sites for hydroxylation is 1. The molecule has 5 nitrogen and oxygen atoms in total. The van der Waals surface area contributed by atoms with Crippen molar-refractivity contribution in [1.82, 2.24) is 5.32 Å². The van der Waals surface area contributed by atoms with Crippen molar-refractivity contribution >= 4 is 17.7 Å². The van der Waals surface area contributed by atoms with Gasteiger partial charge in [0.2, 0.25) is 0 Å². The Bertz CT molecular complexity index is 498. The van der Waals surface area contributed by atoms with Gasteiger partial charge in [0.05, 0.1) is 12.0 Å². The number of hydrogen-bond acceptors (Lipinski definition) is 3. The summed E-state index contributed by atoms with van der Waals surface area (Å²) in [6, 6.07) is 4.04. The third-order valence-electron chi connectivity index (χ3n) is 3.15. The molecule has 1 aromatic carbocycles.